The summed E-state index contributed by atoms with van der Waals surface area (Å²) in [5, 5.41) is 10.9. The van der Waals surface area contributed by atoms with E-state index in [1.54, 1.807) is 12.1 Å². The summed E-state index contributed by atoms with van der Waals surface area (Å²) in [5.41, 5.74) is 0.176. The van der Waals surface area contributed by atoms with Gasteiger partial charge in [0.2, 0.25) is 5.91 Å². The lowest BCUT2D eigenvalue weighted by atomic mass is 10.2. The normalized spacial score (nSPS) is 9.86. The summed E-state index contributed by atoms with van der Waals surface area (Å²) in [6.45, 7) is -0.0370. The van der Waals surface area contributed by atoms with Crippen LogP contribution in [0.3, 0.4) is 0 Å². The quantitative estimate of drug-likeness (QED) is 0.769. The van der Waals surface area contributed by atoms with Crippen LogP contribution in [0.1, 0.15) is 12.8 Å². The first-order valence-electron chi connectivity index (χ1n) is 4.39. The van der Waals surface area contributed by atoms with Gasteiger partial charge in [0, 0.05) is 13.0 Å². The van der Waals surface area contributed by atoms with Crippen molar-refractivity contribution < 1.29 is 14.3 Å². The summed E-state index contributed by atoms with van der Waals surface area (Å²) in [4.78, 5) is 11.1. The molecule has 14 heavy (non-hydrogen) atoms. The van der Waals surface area contributed by atoms with E-state index in [4.69, 9.17) is 5.11 Å². The number of anilines is 1. The fraction of sp³-hybridized carbons (Fsp3) is 0.300. The van der Waals surface area contributed by atoms with Gasteiger partial charge in [-0.15, -0.1) is 0 Å². The van der Waals surface area contributed by atoms with Crippen molar-refractivity contribution in [3.8, 4) is 0 Å². The van der Waals surface area contributed by atoms with Crippen LogP contribution in [-0.2, 0) is 4.79 Å². The van der Waals surface area contributed by atoms with Crippen LogP contribution in [-0.4, -0.2) is 17.6 Å². The third kappa shape index (κ3) is 3.14. The zero-order valence-corrected chi connectivity index (χ0v) is 7.66. The van der Waals surface area contributed by atoms with Gasteiger partial charge in [0.1, 0.15) is 5.82 Å². The van der Waals surface area contributed by atoms with E-state index in [0.717, 1.165) is 0 Å². The van der Waals surface area contributed by atoms with Crippen molar-refractivity contribution in [3.05, 3.63) is 30.1 Å². The number of carbonyl (C=O) groups excluding carboxylic acids is 1. The summed E-state index contributed by atoms with van der Waals surface area (Å²) < 4.78 is 13.0. The second kappa shape index (κ2) is 5.34. The Labute approximate surface area is 81.6 Å². The number of para-hydroxylation sites is 1. The van der Waals surface area contributed by atoms with Crippen LogP contribution in [0.5, 0.6) is 0 Å². The van der Waals surface area contributed by atoms with Crippen LogP contribution in [0.15, 0.2) is 24.3 Å². The number of halogens is 1. The minimum Gasteiger partial charge on any atom is -0.396 e. The predicted molar refractivity (Wildman–Crippen MR) is 51.3 cm³/mol. The van der Waals surface area contributed by atoms with Crippen molar-refractivity contribution in [1.82, 2.24) is 0 Å². The number of nitrogens with one attached hydrogen (secondary N) is 1. The van der Waals surface area contributed by atoms with Gasteiger partial charge in [-0.1, -0.05) is 12.1 Å². The molecule has 3 nitrogen and oxygen atoms in total. The molecule has 76 valence electrons. The number of hydrogen-bond donors (Lipinski definition) is 2. The maximum absolute atomic E-state index is 13.0. The molecule has 0 radical (unpaired) electrons. The number of benzene rings is 1. The first-order chi connectivity index (χ1) is 6.74. The molecule has 0 saturated heterocycles. The van der Waals surface area contributed by atoms with Crippen molar-refractivity contribution in [1.29, 1.82) is 0 Å². The van der Waals surface area contributed by atoms with Crippen LogP contribution < -0.4 is 5.32 Å². The molecule has 2 N–H and O–H groups in total. The minimum atomic E-state index is -0.454. The van der Waals surface area contributed by atoms with Gasteiger partial charge in [-0.2, -0.15) is 0 Å². The Bertz CT molecular complexity index is 315. The number of aliphatic hydroxyl groups is 1. The molecule has 0 bridgehead atoms. The Morgan fingerprint density at radius 2 is 2.14 bits per heavy atom. The molecule has 1 aromatic rings. The summed E-state index contributed by atoms with van der Waals surface area (Å²) in [7, 11) is 0. The van der Waals surface area contributed by atoms with Crippen molar-refractivity contribution in [2.24, 2.45) is 0 Å². The zero-order chi connectivity index (χ0) is 10.4. The summed E-state index contributed by atoms with van der Waals surface area (Å²) in [6.07, 6.45) is 0.588. The maximum Gasteiger partial charge on any atom is 0.224 e. The molecule has 0 saturated carbocycles. The molecular weight excluding hydrogens is 185 g/mol. The molecule has 0 fully saturated rings. The van der Waals surface area contributed by atoms with E-state index in [1.165, 1.54) is 12.1 Å². The van der Waals surface area contributed by atoms with Crippen LogP contribution >= 0.6 is 0 Å². The lowest BCUT2D eigenvalue weighted by Crippen LogP contribution is -2.12. The van der Waals surface area contributed by atoms with E-state index < -0.39 is 5.82 Å². The van der Waals surface area contributed by atoms with Crippen LogP contribution in [0, 0.1) is 5.82 Å². The van der Waals surface area contributed by atoms with Crippen LogP contribution in [0.4, 0.5) is 10.1 Å². The third-order valence-corrected chi connectivity index (χ3v) is 1.71. The average Bonchev–Trinajstić information content (AvgIpc) is 2.18. The zero-order valence-electron chi connectivity index (χ0n) is 7.66. The second-order valence-electron chi connectivity index (χ2n) is 2.86. The highest BCUT2D eigenvalue weighted by atomic mass is 19.1. The number of amides is 1. The van der Waals surface area contributed by atoms with Gasteiger partial charge in [-0.3, -0.25) is 4.79 Å². The van der Waals surface area contributed by atoms with Crippen molar-refractivity contribution in [3.63, 3.8) is 0 Å². The molecule has 1 rings (SSSR count). The van der Waals surface area contributed by atoms with Gasteiger partial charge in [-0.05, 0) is 18.6 Å². The number of aliphatic hydroxyl groups excluding tert-OH is 1. The van der Waals surface area contributed by atoms with Crippen molar-refractivity contribution in [2.75, 3.05) is 11.9 Å². The topological polar surface area (TPSA) is 49.3 Å². The highest BCUT2D eigenvalue weighted by Gasteiger charge is 2.04. The molecule has 0 unspecified atom stereocenters. The fourth-order valence-corrected chi connectivity index (χ4v) is 1.01. The molecule has 4 heteroatoms. The molecular formula is C10H12FNO2. The van der Waals surface area contributed by atoms with Gasteiger partial charge in [0.25, 0.3) is 0 Å². The maximum atomic E-state index is 13.0. The highest BCUT2D eigenvalue weighted by molar-refractivity contribution is 5.90. The molecule has 1 aromatic carbocycles. The number of carbonyl (C=O) groups is 1. The smallest absolute Gasteiger partial charge is 0.224 e. The van der Waals surface area contributed by atoms with Gasteiger partial charge >= 0.3 is 0 Å². The average molecular weight is 197 g/mol. The number of hydrogen-bond acceptors (Lipinski definition) is 2. The number of rotatable bonds is 4. The minimum absolute atomic E-state index is 0.0370. The van der Waals surface area contributed by atoms with Gasteiger partial charge < -0.3 is 10.4 Å². The Morgan fingerprint density at radius 1 is 1.43 bits per heavy atom. The molecule has 1 amide bonds. The molecule has 0 aliphatic heterocycles. The fourth-order valence-electron chi connectivity index (χ4n) is 1.01. The van der Waals surface area contributed by atoms with Crippen LogP contribution in [0.25, 0.3) is 0 Å². The Kier molecular flexibility index (Phi) is 4.07. The summed E-state index contributed by atoms with van der Waals surface area (Å²) in [5.74, 6) is -0.742. The largest absolute Gasteiger partial charge is 0.396 e. The predicted octanol–water partition coefficient (Wildman–Crippen LogP) is 1.54. The lowest BCUT2D eigenvalue weighted by molar-refractivity contribution is -0.116. The molecule has 0 aromatic heterocycles. The Morgan fingerprint density at radius 3 is 2.79 bits per heavy atom. The van der Waals surface area contributed by atoms with E-state index in [-0.39, 0.29) is 24.6 Å². The van der Waals surface area contributed by atoms with Crippen molar-refractivity contribution >= 4 is 11.6 Å². The van der Waals surface area contributed by atoms with E-state index in [0.29, 0.717) is 6.42 Å². The highest BCUT2D eigenvalue weighted by Crippen LogP contribution is 2.12. The van der Waals surface area contributed by atoms with Gasteiger partial charge in [-0.25, -0.2) is 4.39 Å². The lowest BCUT2D eigenvalue weighted by Gasteiger charge is -2.04. The van der Waals surface area contributed by atoms with E-state index in [2.05, 4.69) is 5.32 Å². The first-order valence-corrected chi connectivity index (χ1v) is 4.39. The molecule has 0 heterocycles. The second-order valence-corrected chi connectivity index (χ2v) is 2.86. The van der Waals surface area contributed by atoms with E-state index in [9.17, 15) is 9.18 Å². The summed E-state index contributed by atoms with van der Waals surface area (Å²) in [6, 6.07) is 5.97. The molecule has 0 aliphatic rings. The van der Waals surface area contributed by atoms with E-state index >= 15 is 0 Å². The van der Waals surface area contributed by atoms with Gasteiger partial charge in [0.15, 0.2) is 0 Å². The van der Waals surface area contributed by atoms with Gasteiger partial charge in [0.05, 0.1) is 5.69 Å². The Hall–Kier alpha value is -1.42. The monoisotopic (exact) mass is 197 g/mol. The molecule has 0 spiro atoms. The Balaban J connectivity index is 2.52. The molecule has 0 atom stereocenters. The first kappa shape index (κ1) is 10.7. The summed E-state index contributed by atoms with van der Waals surface area (Å²) >= 11 is 0. The molecule has 0 aliphatic carbocycles. The van der Waals surface area contributed by atoms with Crippen molar-refractivity contribution in [2.45, 2.75) is 12.8 Å². The van der Waals surface area contributed by atoms with Crippen LogP contribution in [0.2, 0.25) is 0 Å². The SMILES string of the molecule is O=C(CCCO)Nc1ccccc1F. The van der Waals surface area contributed by atoms with E-state index in [1.807, 2.05) is 0 Å². The standard InChI is InChI=1S/C10H12FNO2/c11-8-4-1-2-5-9(8)12-10(14)6-3-7-13/h1-2,4-5,13H,3,6-7H2,(H,12,14). The third-order valence-electron chi connectivity index (χ3n) is 1.71.